The first-order valence-corrected chi connectivity index (χ1v) is 6.67. The molecule has 0 heterocycles. The van der Waals surface area contributed by atoms with Crippen molar-refractivity contribution in [1.82, 2.24) is 0 Å². The van der Waals surface area contributed by atoms with Crippen LogP contribution in [-0.2, 0) is 0 Å². The lowest BCUT2D eigenvalue weighted by atomic mass is 10.0. The molecule has 0 fully saturated rings. The number of rotatable bonds is 2. The first kappa shape index (κ1) is 12.9. The number of hydrogen-bond acceptors (Lipinski definition) is 1. The normalized spacial score (nSPS) is 10.3. The fraction of sp³-hybridized carbons (Fsp3) is 0. The third-order valence-electron chi connectivity index (χ3n) is 2.30. The smallest absolute Gasteiger partial charge is 0.194 e. The first-order chi connectivity index (χ1) is 8.09. The minimum atomic E-state index is -0.117. The molecule has 0 aliphatic rings. The van der Waals surface area contributed by atoms with Crippen LogP contribution in [-0.4, -0.2) is 5.78 Å². The van der Waals surface area contributed by atoms with Crippen LogP contribution < -0.4 is 0 Å². The molecule has 0 bridgehead atoms. The first-order valence-electron chi connectivity index (χ1n) is 4.84. The van der Waals surface area contributed by atoms with E-state index in [1.54, 1.807) is 36.4 Å². The summed E-state index contributed by atoms with van der Waals surface area (Å²) in [6.07, 6.45) is 0. The molecule has 0 radical (unpaired) electrons. The monoisotopic (exact) mass is 376 g/mol. The van der Waals surface area contributed by atoms with Crippen molar-refractivity contribution in [3.63, 3.8) is 0 Å². The highest BCUT2D eigenvalue weighted by molar-refractivity contribution is 14.1. The third kappa shape index (κ3) is 2.81. The van der Waals surface area contributed by atoms with Crippen molar-refractivity contribution in [3.05, 3.63) is 67.2 Å². The maximum atomic E-state index is 12.2. The summed E-state index contributed by atoms with van der Waals surface area (Å²) in [5.74, 6) is -0.117. The number of carbonyl (C=O) groups excluding carboxylic acids is 1. The molecule has 4 heteroatoms. The van der Waals surface area contributed by atoms with Gasteiger partial charge in [-0.25, -0.2) is 0 Å². The fourth-order valence-electron chi connectivity index (χ4n) is 1.44. The largest absolute Gasteiger partial charge is 0.289 e. The van der Waals surface area contributed by atoms with Gasteiger partial charge in [0, 0.05) is 14.7 Å². The lowest BCUT2D eigenvalue weighted by Gasteiger charge is -2.04. The van der Waals surface area contributed by atoms with Crippen LogP contribution in [0, 0.1) is 3.57 Å². The van der Waals surface area contributed by atoms with Crippen molar-refractivity contribution in [1.29, 1.82) is 0 Å². The summed E-state index contributed by atoms with van der Waals surface area (Å²) in [7, 11) is 0. The van der Waals surface area contributed by atoms with E-state index < -0.39 is 0 Å². The Bertz CT molecular complexity index is 581. The van der Waals surface area contributed by atoms with E-state index in [9.17, 15) is 4.79 Å². The van der Waals surface area contributed by atoms with Crippen LogP contribution in [0.15, 0.2) is 42.5 Å². The molecule has 0 amide bonds. The summed E-state index contributed by atoms with van der Waals surface area (Å²) in [5, 5.41) is 1.02. The van der Waals surface area contributed by atoms with Crippen molar-refractivity contribution in [2.75, 3.05) is 0 Å². The summed E-state index contributed by atoms with van der Waals surface area (Å²) >= 11 is 14.1. The van der Waals surface area contributed by atoms with E-state index >= 15 is 0 Å². The van der Waals surface area contributed by atoms with Crippen LogP contribution in [0.3, 0.4) is 0 Å². The van der Waals surface area contributed by atoms with Gasteiger partial charge in [0.2, 0.25) is 0 Å². The number of carbonyl (C=O) groups is 1. The Morgan fingerprint density at radius 3 is 2.35 bits per heavy atom. The molecule has 0 saturated carbocycles. The van der Waals surface area contributed by atoms with Gasteiger partial charge < -0.3 is 0 Å². The van der Waals surface area contributed by atoms with Gasteiger partial charge in [-0.2, -0.15) is 0 Å². The predicted octanol–water partition coefficient (Wildman–Crippen LogP) is 4.83. The molecule has 1 nitrogen and oxygen atoms in total. The third-order valence-corrected chi connectivity index (χ3v) is 4.20. The van der Waals surface area contributed by atoms with Crippen LogP contribution in [0.2, 0.25) is 10.0 Å². The maximum Gasteiger partial charge on any atom is 0.194 e. The summed E-state index contributed by atoms with van der Waals surface area (Å²) < 4.78 is 0.917. The van der Waals surface area contributed by atoms with Gasteiger partial charge in [-0.05, 0) is 52.9 Å². The summed E-state index contributed by atoms with van der Waals surface area (Å²) in [6, 6.07) is 12.2. The van der Waals surface area contributed by atoms with Gasteiger partial charge in [0.15, 0.2) is 5.78 Å². The molecule has 0 N–H and O–H groups in total. The molecule has 2 aromatic carbocycles. The summed E-state index contributed by atoms with van der Waals surface area (Å²) in [6.45, 7) is 0. The van der Waals surface area contributed by atoms with E-state index in [0.717, 1.165) is 3.57 Å². The molecule has 2 aromatic rings. The van der Waals surface area contributed by atoms with E-state index in [0.29, 0.717) is 21.2 Å². The Hall–Kier alpha value is -0.580. The standard InChI is InChI=1S/C13H7Cl2IO/c14-10-4-2-1-3-9(10)13(17)8-5-6-12(16)11(15)7-8/h1-7H. The molecule has 2 rings (SSSR count). The Kier molecular flexibility index (Phi) is 4.07. The van der Waals surface area contributed by atoms with Gasteiger partial charge in [-0.15, -0.1) is 0 Å². The molecule has 0 aliphatic heterocycles. The maximum absolute atomic E-state index is 12.2. The zero-order valence-electron chi connectivity index (χ0n) is 8.58. The van der Waals surface area contributed by atoms with Crippen molar-refractivity contribution in [3.8, 4) is 0 Å². The molecular weight excluding hydrogens is 370 g/mol. The van der Waals surface area contributed by atoms with E-state index in [-0.39, 0.29) is 5.78 Å². The topological polar surface area (TPSA) is 17.1 Å². The van der Waals surface area contributed by atoms with Gasteiger partial charge in [0.1, 0.15) is 0 Å². The second-order valence-corrected chi connectivity index (χ2v) is 5.41. The minimum Gasteiger partial charge on any atom is -0.289 e. The second kappa shape index (κ2) is 5.38. The molecular formula is C13H7Cl2IO. The van der Waals surface area contributed by atoms with Crippen LogP contribution in [0.25, 0.3) is 0 Å². The Morgan fingerprint density at radius 2 is 1.71 bits per heavy atom. The summed E-state index contributed by atoms with van der Waals surface area (Å²) in [5.41, 5.74) is 1.04. The highest BCUT2D eigenvalue weighted by Crippen LogP contribution is 2.23. The van der Waals surface area contributed by atoms with Crippen LogP contribution >= 0.6 is 45.8 Å². The highest BCUT2D eigenvalue weighted by atomic mass is 127. The van der Waals surface area contributed by atoms with Gasteiger partial charge >= 0.3 is 0 Å². The Labute approximate surface area is 123 Å². The zero-order chi connectivity index (χ0) is 12.4. The average molecular weight is 377 g/mol. The van der Waals surface area contributed by atoms with Gasteiger partial charge in [-0.3, -0.25) is 4.79 Å². The quantitative estimate of drug-likeness (QED) is 0.542. The van der Waals surface area contributed by atoms with Gasteiger partial charge in [0.05, 0.1) is 10.0 Å². The Balaban J connectivity index is 2.44. The number of halogens is 3. The van der Waals surface area contributed by atoms with Gasteiger partial charge in [-0.1, -0.05) is 35.3 Å². The van der Waals surface area contributed by atoms with Crippen LogP contribution in [0.5, 0.6) is 0 Å². The molecule has 0 unspecified atom stereocenters. The SMILES string of the molecule is O=C(c1ccc(I)c(Cl)c1)c1ccccc1Cl. The molecule has 17 heavy (non-hydrogen) atoms. The molecule has 86 valence electrons. The number of ketones is 1. The van der Waals surface area contributed by atoms with Crippen molar-refractivity contribution >= 4 is 51.6 Å². The average Bonchev–Trinajstić information content (AvgIpc) is 2.32. The second-order valence-electron chi connectivity index (χ2n) is 3.44. The molecule has 0 aromatic heterocycles. The van der Waals surface area contributed by atoms with E-state index in [4.69, 9.17) is 23.2 Å². The zero-order valence-corrected chi connectivity index (χ0v) is 12.3. The van der Waals surface area contributed by atoms with Crippen molar-refractivity contribution in [2.45, 2.75) is 0 Å². The lowest BCUT2D eigenvalue weighted by molar-refractivity contribution is 0.103. The molecule has 0 atom stereocenters. The van der Waals surface area contributed by atoms with Crippen molar-refractivity contribution < 1.29 is 4.79 Å². The minimum absolute atomic E-state index is 0.117. The lowest BCUT2D eigenvalue weighted by Crippen LogP contribution is -2.02. The van der Waals surface area contributed by atoms with E-state index in [1.165, 1.54) is 0 Å². The molecule has 0 spiro atoms. The molecule has 0 aliphatic carbocycles. The van der Waals surface area contributed by atoms with Gasteiger partial charge in [0.25, 0.3) is 0 Å². The van der Waals surface area contributed by atoms with Crippen LogP contribution in [0.1, 0.15) is 15.9 Å². The number of hydrogen-bond donors (Lipinski definition) is 0. The van der Waals surface area contributed by atoms with Crippen LogP contribution in [0.4, 0.5) is 0 Å². The molecule has 0 saturated heterocycles. The number of benzene rings is 2. The fourth-order valence-corrected chi connectivity index (χ4v) is 2.18. The highest BCUT2D eigenvalue weighted by Gasteiger charge is 2.13. The predicted molar refractivity (Wildman–Crippen MR) is 79.1 cm³/mol. The van der Waals surface area contributed by atoms with E-state index in [1.807, 2.05) is 6.07 Å². The van der Waals surface area contributed by atoms with E-state index in [2.05, 4.69) is 22.6 Å². The van der Waals surface area contributed by atoms with Crippen molar-refractivity contribution in [2.24, 2.45) is 0 Å². The Morgan fingerprint density at radius 1 is 1.00 bits per heavy atom. The summed E-state index contributed by atoms with van der Waals surface area (Å²) in [4.78, 5) is 12.2.